The Morgan fingerprint density at radius 3 is 2.57 bits per heavy atom. The fraction of sp³-hybridized carbons (Fsp3) is 0.200. The Morgan fingerprint density at radius 2 is 2.14 bits per heavy atom. The molecule has 0 aliphatic rings. The minimum atomic E-state index is -1.08. The number of carboxylic acid groups (broad SMARTS) is 1. The summed E-state index contributed by atoms with van der Waals surface area (Å²) >= 11 is 3.22. The van der Waals surface area contributed by atoms with Gasteiger partial charge in [0, 0.05) is 4.47 Å². The largest absolute Gasteiger partial charge is 0.478 e. The number of aromatic carboxylic acids is 1. The Kier molecular flexibility index (Phi) is 2.92. The molecule has 0 atom stereocenters. The fourth-order valence-corrected chi connectivity index (χ4v) is 1.77. The number of carbonyl (C=O) groups is 1. The molecule has 0 saturated heterocycles. The predicted molar refractivity (Wildman–Crippen MR) is 55.3 cm³/mol. The first kappa shape index (κ1) is 10.7. The molecular weight excluding hydrogens is 246 g/mol. The minimum absolute atomic E-state index is 0.0440. The molecule has 0 saturated carbocycles. The Bertz CT molecular complexity index is 446. The van der Waals surface area contributed by atoms with Crippen molar-refractivity contribution in [2.75, 3.05) is 0 Å². The van der Waals surface area contributed by atoms with E-state index in [2.05, 4.69) is 15.9 Å². The van der Waals surface area contributed by atoms with Crippen LogP contribution in [0.15, 0.2) is 10.5 Å². The summed E-state index contributed by atoms with van der Waals surface area (Å²) in [6.07, 6.45) is 0. The lowest BCUT2D eigenvalue weighted by molar-refractivity contribution is 0.0696. The number of hydrogen-bond donors (Lipinski definition) is 1. The molecule has 1 aromatic carbocycles. The lowest BCUT2D eigenvalue weighted by atomic mass is 10.0. The number of halogens is 1. The average molecular weight is 254 g/mol. The average Bonchev–Trinajstić information content (AvgIpc) is 2.13. The highest BCUT2D eigenvalue weighted by Crippen LogP contribution is 2.27. The molecule has 3 nitrogen and oxygen atoms in total. The van der Waals surface area contributed by atoms with Crippen LogP contribution in [0.1, 0.15) is 27.0 Å². The summed E-state index contributed by atoms with van der Waals surface area (Å²) < 4.78 is 0.567. The molecule has 0 aliphatic heterocycles. The third-order valence-corrected chi connectivity index (χ3v) is 3.10. The molecule has 1 N–H and O–H groups in total. The van der Waals surface area contributed by atoms with Crippen molar-refractivity contribution < 1.29 is 9.90 Å². The predicted octanol–water partition coefficient (Wildman–Crippen LogP) is 2.64. The first-order valence-corrected chi connectivity index (χ1v) is 4.71. The molecule has 1 aromatic rings. The van der Waals surface area contributed by atoms with E-state index in [-0.39, 0.29) is 11.1 Å². The SMILES string of the molecule is Cc1cc(C(=O)O)c(C#N)c(Br)c1C. The van der Waals surface area contributed by atoms with Crippen molar-refractivity contribution in [1.82, 2.24) is 0 Å². The van der Waals surface area contributed by atoms with E-state index < -0.39 is 5.97 Å². The molecule has 72 valence electrons. The van der Waals surface area contributed by atoms with Gasteiger partial charge in [0.25, 0.3) is 0 Å². The molecule has 14 heavy (non-hydrogen) atoms. The van der Waals surface area contributed by atoms with E-state index in [0.717, 1.165) is 11.1 Å². The third-order valence-electron chi connectivity index (χ3n) is 2.11. The summed E-state index contributed by atoms with van der Waals surface area (Å²) in [4.78, 5) is 10.8. The van der Waals surface area contributed by atoms with Crippen LogP contribution in [0.3, 0.4) is 0 Å². The van der Waals surface area contributed by atoms with Crippen LogP contribution in [0, 0.1) is 25.2 Å². The smallest absolute Gasteiger partial charge is 0.337 e. The van der Waals surface area contributed by atoms with E-state index in [9.17, 15) is 4.79 Å². The van der Waals surface area contributed by atoms with Crippen molar-refractivity contribution in [2.45, 2.75) is 13.8 Å². The number of carboxylic acids is 1. The molecule has 0 fully saturated rings. The van der Waals surface area contributed by atoms with E-state index in [1.54, 1.807) is 0 Å². The molecule has 0 unspecified atom stereocenters. The van der Waals surface area contributed by atoms with Gasteiger partial charge in [-0.05, 0) is 47.0 Å². The first-order valence-electron chi connectivity index (χ1n) is 3.92. The zero-order chi connectivity index (χ0) is 10.9. The van der Waals surface area contributed by atoms with E-state index in [4.69, 9.17) is 10.4 Å². The van der Waals surface area contributed by atoms with Crippen LogP contribution < -0.4 is 0 Å². The van der Waals surface area contributed by atoms with Gasteiger partial charge >= 0.3 is 5.97 Å². The number of aryl methyl sites for hydroxylation is 1. The van der Waals surface area contributed by atoms with E-state index in [1.165, 1.54) is 6.07 Å². The van der Waals surface area contributed by atoms with Crippen LogP contribution in [0.4, 0.5) is 0 Å². The second kappa shape index (κ2) is 3.81. The molecule has 0 bridgehead atoms. The molecule has 0 amide bonds. The van der Waals surface area contributed by atoms with Gasteiger partial charge in [-0.1, -0.05) is 0 Å². The Labute approximate surface area is 90.1 Å². The maximum Gasteiger partial charge on any atom is 0.337 e. The van der Waals surface area contributed by atoms with Crippen LogP contribution >= 0.6 is 15.9 Å². The van der Waals surface area contributed by atoms with Gasteiger partial charge in [-0.15, -0.1) is 0 Å². The van der Waals surface area contributed by atoms with Gasteiger partial charge in [-0.3, -0.25) is 0 Å². The van der Waals surface area contributed by atoms with Gasteiger partial charge in [0.2, 0.25) is 0 Å². The number of rotatable bonds is 1. The zero-order valence-corrected chi connectivity index (χ0v) is 9.34. The van der Waals surface area contributed by atoms with Crippen molar-refractivity contribution in [1.29, 1.82) is 5.26 Å². The van der Waals surface area contributed by atoms with Crippen LogP contribution in [-0.2, 0) is 0 Å². The molecule has 0 heterocycles. The highest BCUT2D eigenvalue weighted by Gasteiger charge is 2.16. The molecule has 1 rings (SSSR count). The molecule has 0 radical (unpaired) electrons. The highest BCUT2D eigenvalue weighted by atomic mass is 79.9. The second-order valence-electron chi connectivity index (χ2n) is 2.97. The number of nitriles is 1. The van der Waals surface area contributed by atoms with Gasteiger partial charge in [0.05, 0.1) is 11.1 Å². The van der Waals surface area contributed by atoms with Gasteiger partial charge < -0.3 is 5.11 Å². The Morgan fingerprint density at radius 1 is 1.57 bits per heavy atom. The first-order chi connectivity index (χ1) is 6.49. The maximum absolute atomic E-state index is 10.8. The second-order valence-corrected chi connectivity index (χ2v) is 3.76. The van der Waals surface area contributed by atoms with Crippen LogP contribution in [-0.4, -0.2) is 11.1 Å². The quantitative estimate of drug-likeness (QED) is 0.837. The molecule has 4 heteroatoms. The lowest BCUT2D eigenvalue weighted by Gasteiger charge is -2.07. The van der Waals surface area contributed by atoms with Crippen LogP contribution in [0.25, 0.3) is 0 Å². The molecule has 0 aromatic heterocycles. The summed E-state index contributed by atoms with van der Waals surface area (Å²) in [7, 11) is 0. The standard InChI is InChI=1S/C10H8BrNO2/c1-5-3-7(10(13)14)8(4-12)9(11)6(5)2/h3H,1-2H3,(H,13,14). The lowest BCUT2D eigenvalue weighted by Crippen LogP contribution is -2.03. The zero-order valence-electron chi connectivity index (χ0n) is 7.76. The van der Waals surface area contributed by atoms with Crippen molar-refractivity contribution in [2.24, 2.45) is 0 Å². The van der Waals surface area contributed by atoms with E-state index in [0.29, 0.717) is 4.47 Å². The molecule has 0 aliphatic carbocycles. The van der Waals surface area contributed by atoms with Crippen molar-refractivity contribution >= 4 is 21.9 Å². The molecule has 0 spiro atoms. The van der Waals surface area contributed by atoms with Crippen LogP contribution in [0.2, 0.25) is 0 Å². The Balaban J connectivity index is 3.62. The Hall–Kier alpha value is -1.34. The summed E-state index contributed by atoms with van der Waals surface area (Å²) in [5.41, 5.74) is 1.97. The number of benzene rings is 1. The number of nitrogens with zero attached hydrogens (tertiary/aromatic N) is 1. The van der Waals surface area contributed by atoms with Gasteiger partial charge in [-0.2, -0.15) is 5.26 Å². The monoisotopic (exact) mass is 253 g/mol. The summed E-state index contributed by atoms with van der Waals surface area (Å²) in [5.74, 6) is -1.08. The normalized spacial score (nSPS) is 9.57. The fourth-order valence-electron chi connectivity index (χ4n) is 1.15. The highest BCUT2D eigenvalue weighted by molar-refractivity contribution is 9.10. The van der Waals surface area contributed by atoms with Gasteiger partial charge in [0.1, 0.15) is 6.07 Å². The topological polar surface area (TPSA) is 61.1 Å². The van der Waals surface area contributed by atoms with E-state index in [1.807, 2.05) is 19.9 Å². The summed E-state index contributed by atoms with van der Waals surface area (Å²) in [6.45, 7) is 3.65. The van der Waals surface area contributed by atoms with Crippen LogP contribution in [0.5, 0.6) is 0 Å². The van der Waals surface area contributed by atoms with Crippen molar-refractivity contribution in [3.63, 3.8) is 0 Å². The van der Waals surface area contributed by atoms with Crippen molar-refractivity contribution in [3.8, 4) is 6.07 Å². The van der Waals surface area contributed by atoms with Crippen molar-refractivity contribution in [3.05, 3.63) is 32.8 Å². The molecular formula is C10H8BrNO2. The number of hydrogen-bond acceptors (Lipinski definition) is 2. The van der Waals surface area contributed by atoms with Gasteiger partial charge in [0.15, 0.2) is 0 Å². The van der Waals surface area contributed by atoms with E-state index >= 15 is 0 Å². The van der Waals surface area contributed by atoms with Gasteiger partial charge in [-0.25, -0.2) is 4.79 Å². The maximum atomic E-state index is 10.8. The minimum Gasteiger partial charge on any atom is -0.478 e. The summed E-state index contributed by atoms with van der Waals surface area (Å²) in [6, 6.07) is 3.40. The summed E-state index contributed by atoms with van der Waals surface area (Å²) in [5, 5.41) is 17.7. The third kappa shape index (κ3) is 1.64.